The van der Waals surface area contributed by atoms with Crippen molar-refractivity contribution in [2.45, 2.75) is 6.42 Å². The van der Waals surface area contributed by atoms with Crippen molar-refractivity contribution in [2.75, 3.05) is 19.0 Å². The molecule has 1 aliphatic rings. The quantitative estimate of drug-likeness (QED) is 0.885. The third-order valence-corrected chi connectivity index (χ3v) is 3.82. The lowest BCUT2D eigenvalue weighted by molar-refractivity contribution is -0.121. The van der Waals surface area contributed by atoms with Crippen molar-refractivity contribution in [3.63, 3.8) is 0 Å². The Bertz CT molecular complexity index is 724. The summed E-state index contributed by atoms with van der Waals surface area (Å²) in [6, 6.07) is 14.3. The molecule has 2 aromatic rings. The molecule has 1 amide bonds. The third-order valence-electron chi connectivity index (χ3n) is 3.82. The molecule has 5 heteroatoms. The van der Waals surface area contributed by atoms with E-state index in [2.05, 4.69) is 10.1 Å². The molecule has 0 aromatic heterocycles. The van der Waals surface area contributed by atoms with Gasteiger partial charge < -0.3 is 14.8 Å². The Morgan fingerprint density at radius 1 is 1.13 bits per heavy atom. The summed E-state index contributed by atoms with van der Waals surface area (Å²) in [5, 5.41) is 2.86. The molecule has 1 heterocycles. The predicted molar refractivity (Wildman–Crippen MR) is 85.5 cm³/mol. The zero-order valence-corrected chi connectivity index (χ0v) is 12.7. The molecule has 2 aromatic carbocycles. The average molecular weight is 311 g/mol. The summed E-state index contributed by atoms with van der Waals surface area (Å²) in [5.74, 6) is 0.120. The van der Waals surface area contributed by atoms with Gasteiger partial charge in [-0.2, -0.15) is 0 Å². The number of methoxy groups -OCH3 is 1. The second-order valence-electron chi connectivity index (χ2n) is 5.38. The molecule has 0 radical (unpaired) electrons. The van der Waals surface area contributed by atoms with Crippen LogP contribution in [0.4, 0.5) is 5.69 Å². The number of carbonyl (C=O) groups is 2. The standard InChI is InChI=1S/C18H17NO4/c1-22-18(21)12-6-8-15(9-7-12)19-17(20)14-10-13-4-2-3-5-16(13)23-11-14/h2-9,14H,10-11H2,1H3,(H,19,20)/t14-/m1/s1. The van der Waals surface area contributed by atoms with Crippen LogP contribution in [0.3, 0.4) is 0 Å². The second-order valence-corrected chi connectivity index (χ2v) is 5.38. The van der Waals surface area contributed by atoms with Crippen LogP contribution in [0.1, 0.15) is 15.9 Å². The fraction of sp³-hybridized carbons (Fsp3) is 0.222. The van der Waals surface area contributed by atoms with Gasteiger partial charge in [0.05, 0.1) is 18.6 Å². The molecular formula is C18H17NO4. The molecule has 1 atom stereocenters. The van der Waals surface area contributed by atoms with Gasteiger partial charge in [0.1, 0.15) is 12.4 Å². The molecule has 5 nitrogen and oxygen atoms in total. The molecule has 1 aliphatic heterocycles. The first kappa shape index (κ1) is 15.1. The summed E-state index contributed by atoms with van der Waals surface area (Å²) in [6.07, 6.45) is 0.655. The average Bonchev–Trinajstić information content (AvgIpc) is 2.61. The molecule has 118 valence electrons. The molecule has 0 fully saturated rings. The highest BCUT2D eigenvalue weighted by Crippen LogP contribution is 2.27. The Morgan fingerprint density at radius 3 is 2.61 bits per heavy atom. The number of esters is 1. The van der Waals surface area contributed by atoms with Crippen LogP contribution in [0, 0.1) is 5.92 Å². The maximum absolute atomic E-state index is 12.4. The molecule has 3 rings (SSSR count). The summed E-state index contributed by atoms with van der Waals surface area (Å²) in [4.78, 5) is 23.8. The Labute approximate surface area is 134 Å². The number of nitrogens with one attached hydrogen (secondary N) is 1. The molecule has 0 aliphatic carbocycles. The molecule has 0 spiro atoms. The van der Waals surface area contributed by atoms with Crippen LogP contribution in [-0.4, -0.2) is 25.6 Å². The molecule has 1 N–H and O–H groups in total. The summed E-state index contributed by atoms with van der Waals surface area (Å²) in [7, 11) is 1.33. The molecule has 0 saturated carbocycles. The van der Waals surface area contributed by atoms with Crippen molar-refractivity contribution >= 4 is 17.6 Å². The van der Waals surface area contributed by atoms with E-state index in [4.69, 9.17) is 4.74 Å². The minimum Gasteiger partial charge on any atom is -0.492 e. The normalized spacial score (nSPS) is 16.0. The smallest absolute Gasteiger partial charge is 0.337 e. The Balaban J connectivity index is 1.65. The van der Waals surface area contributed by atoms with Gasteiger partial charge in [-0.15, -0.1) is 0 Å². The van der Waals surface area contributed by atoms with Crippen LogP contribution in [-0.2, 0) is 16.0 Å². The Kier molecular flexibility index (Phi) is 4.28. The van der Waals surface area contributed by atoms with Crippen molar-refractivity contribution < 1.29 is 19.1 Å². The SMILES string of the molecule is COC(=O)c1ccc(NC(=O)[C@H]2COc3ccccc3C2)cc1. The van der Waals surface area contributed by atoms with Crippen LogP contribution in [0.15, 0.2) is 48.5 Å². The van der Waals surface area contributed by atoms with E-state index in [1.165, 1.54) is 7.11 Å². The van der Waals surface area contributed by atoms with Gasteiger partial charge >= 0.3 is 5.97 Å². The zero-order valence-electron chi connectivity index (χ0n) is 12.7. The van der Waals surface area contributed by atoms with Gasteiger partial charge in [0.25, 0.3) is 0 Å². The first-order valence-electron chi connectivity index (χ1n) is 7.37. The minimum atomic E-state index is -0.403. The van der Waals surface area contributed by atoms with Gasteiger partial charge in [0, 0.05) is 5.69 Å². The summed E-state index contributed by atoms with van der Waals surface area (Å²) >= 11 is 0. The van der Waals surface area contributed by atoms with Gasteiger partial charge in [0.2, 0.25) is 5.91 Å². The number of fused-ring (bicyclic) bond motifs is 1. The third kappa shape index (κ3) is 3.34. The molecule has 0 unspecified atom stereocenters. The topological polar surface area (TPSA) is 64.6 Å². The molecular weight excluding hydrogens is 294 g/mol. The number of hydrogen-bond donors (Lipinski definition) is 1. The fourth-order valence-electron chi connectivity index (χ4n) is 2.55. The summed E-state index contributed by atoms with van der Waals surface area (Å²) < 4.78 is 10.3. The number of benzene rings is 2. The van der Waals surface area contributed by atoms with Gasteiger partial charge in [-0.3, -0.25) is 4.79 Å². The number of hydrogen-bond acceptors (Lipinski definition) is 4. The van der Waals surface area contributed by atoms with Crippen molar-refractivity contribution in [3.8, 4) is 5.75 Å². The second kappa shape index (κ2) is 6.52. The predicted octanol–water partition coefficient (Wildman–Crippen LogP) is 2.66. The van der Waals surface area contributed by atoms with Crippen molar-refractivity contribution in [3.05, 3.63) is 59.7 Å². The van der Waals surface area contributed by atoms with E-state index in [9.17, 15) is 9.59 Å². The minimum absolute atomic E-state index is 0.0923. The van der Waals surface area contributed by atoms with Crippen LogP contribution < -0.4 is 10.1 Å². The van der Waals surface area contributed by atoms with E-state index >= 15 is 0 Å². The lowest BCUT2D eigenvalue weighted by Gasteiger charge is -2.24. The van der Waals surface area contributed by atoms with E-state index in [0.717, 1.165) is 11.3 Å². The maximum Gasteiger partial charge on any atom is 0.337 e. The van der Waals surface area contributed by atoms with Gasteiger partial charge in [-0.05, 0) is 42.3 Å². The lowest BCUT2D eigenvalue weighted by Crippen LogP contribution is -2.32. The highest BCUT2D eigenvalue weighted by atomic mass is 16.5. The first-order chi connectivity index (χ1) is 11.2. The summed E-state index contributed by atoms with van der Waals surface area (Å²) in [6.45, 7) is 0.364. The van der Waals surface area contributed by atoms with E-state index in [-0.39, 0.29) is 11.8 Å². The van der Waals surface area contributed by atoms with Crippen LogP contribution in [0.25, 0.3) is 0 Å². The molecule has 0 saturated heterocycles. The Hall–Kier alpha value is -2.82. The van der Waals surface area contributed by atoms with E-state index in [0.29, 0.717) is 24.3 Å². The van der Waals surface area contributed by atoms with Crippen molar-refractivity contribution in [1.29, 1.82) is 0 Å². The molecule has 23 heavy (non-hydrogen) atoms. The number of ether oxygens (including phenoxy) is 2. The lowest BCUT2D eigenvalue weighted by atomic mass is 9.96. The van der Waals surface area contributed by atoms with Crippen LogP contribution in [0.5, 0.6) is 5.75 Å². The first-order valence-corrected chi connectivity index (χ1v) is 7.37. The number of anilines is 1. The molecule has 0 bridgehead atoms. The van der Waals surface area contributed by atoms with Crippen molar-refractivity contribution in [1.82, 2.24) is 0 Å². The van der Waals surface area contributed by atoms with E-state index < -0.39 is 5.97 Å². The van der Waals surface area contributed by atoms with Crippen LogP contribution in [0.2, 0.25) is 0 Å². The monoisotopic (exact) mass is 311 g/mol. The summed E-state index contributed by atoms with van der Waals surface area (Å²) in [5.41, 5.74) is 2.13. The van der Waals surface area contributed by atoms with Gasteiger partial charge in [-0.1, -0.05) is 18.2 Å². The van der Waals surface area contributed by atoms with Gasteiger partial charge in [-0.25, -0.2) is 4.79 Å². The van der Waals surface area contributed by atoms with Crippen LogP contribution >= 0.6 is 0 Å². The number of carbonyl (C=O) groups excluding carboxylic acids is 2. The number of rotatable bonds is 3. The van der Waals surface area contributed by atoms with E-state index in [1.54, 1.807) is 24.3 Å². The number of amides is 1. The largest absolute Gasteiger partial charge is 0.492 e. The van der Waals surface area contributed by atoms with Gasteiger partial charge in [0.15, 0.2) is 0 Å². The highest BCUT2D eigenvalue weighted by Gasteiger charge is 2.25. The highest BCUT2D eigenvalue weighted by molar-refractivity contribution is 5.94. The zero-order chi connectivity index (χ0) is 16.2. The fourth-order valence-corrected chi connectivity index (χ4v) is 2.55. The van der Waals surface area contributed by atoms with Crippen molar-refractivity contribution in [2.24, 2.45) is 5.92 Å². The maximum atomic E-state index is 12.4. The number of para-hydroxylation sites is 1. The Morgan fingerprint density at radius 2 is 1.87 bits per heavy atom. The van der Waals surface area contributed by atoms with E-state index in [1.807, 2.05) is 24.3 Å².